The minimum Gasteiger partial charge on any atom is -0.272 e. The third-order valence-corrected chi connectivity index (χ3v) is 7.89. The van der Waals surface area contributed by atoms with Gasteiger partial charge in [0.25, 0.3) is 0 Å². The summed E-state index contributed by atoms with van der Waals surface area (Å²) in [5, 5.41) is 17.1. The van der Waals surface area contributed by atoms with Crippen molar-refractivity contribution in [1.29, 1.82) is 5.26 Å². The van der Waals surface area contributed by atoms with Gasteiger partial charge in [0, 0.05) is 29.1 Å². The molecule has 4 aliphatic rings. The standard InChI is InChI=1S/C21H24N4S/c1-13-18(11-23-25(13)2)6-17(10-22)20-24-19(12-26-20)21-7-14-3-15(8-21)5-16(4-14)9-21/h6,11-12,14-16H,3-5,7-9H2,1-2H3/b17-6-. The number of hydrogen-bond donors (Lipinski definition) is 0. The molecule has 4 bridgehead atoms. The SMILES string of the molecule is Cc1c(/C=C(/C#N)c2nc(C34CC5CC(CC(C5)C3)C4)cs2)cnn1C. The molecule has 0 amide bonds. The highest BCUT2D eigenvalue weighted by Gasteiger charge is 2.52. The molecule has 4 fully saturated rings. The van der Waals surface area contributed by atoms with Gasteiger partial charge in [-0.15, -0.1) is 11.3 Å². The molecule has 0 aromatic carbocycles. The number of nitriles is 1. The Balaban J connectivity index is 1.48. The summed E-state index contributed by atoms with van der Waals surface area (Å²) in [6, 6.07) is 2.36. The van der Waals surface area contributed by atoms with Crippen LogP contribution < -0.4 is 0 Å². The maximum atomic E-state index is 9.70. The summed E-state index contributed by atoms with van der Waals surface area (Å²) in [4.78, 5) is 5.00. The number of aryl methyl sites for hydroxylation is 1. The van der Waals surface area contributed by atoms with Gasteiger partial charge >= 0.3 is 0 Å². The van der Waals surface area contributed by atoms with Gasteiger partial charge < -0.3 is 0 Å². The van der Waals surface area contributed by atoms with Crippen LogP contribution in [0.2, 0.25) is 0 Å². The van der Waals surface area contributed by atoms with E-state index < -0.39 is 0 Å². The van der Waals surface area contributed by atoms with E-state index in [1.165, 1.54) is 44.2 Å². The predicted molar refractivity (Wildman–Crippen MR) is 103 cm³/mol. The average molecular weight is 365 g/mol. The van der Waals surface area contributed by atoms with E-state index in [1.807, 2.05) is 30.9 Å². The van der Waals surface area contributed by atoms with E-state index in [0.717, 1.165) is 34.0 Å². The Morgan fingerprint density at radius 3 is 2.46 bits per heavy atom. The first-order valence-corrected chi connectivity index (χ1v) is 10.5. The molecular formula is C21H24N4S. The zero-order valence-corrected chi connectivity index (χ0v) is 16.2. The van der Waals surface area contributed by atoms with Crippen LogP contribution in [0.25, 0.3) is 11.6 Å². The van der Waals surface area contributed by atoms with Crippen molar-refractivity contribution in [3.8, 4) is 6.07 Å². The average Bonchev–Trinajstić information content (AvgIpc) is 3.21. The third-order valence-electron chi connectivity index (χ3n) is 7.01. The Labute approximate surface area is 158 Å². The van der Waals surface area contributed by atoms with Crippen molar-refractivity contribution in [2.24, 2.45) is 24.8 Å². The van der Waals surface area contributed by atoms with E-state index in [9.17, 15) is 5.26 Å². The van der Waals surface area contributed by atoms with Crippen molar-refractivity contribution >= 4 is 23.0 Å². The van der Waals surface area contributed by atoms with Crippen molar-refractivity contribution in [1.82, 2.24) is 14.8 Å². The van der Waals surface area contributed by atoms with Crippen molar-refractivity contribution in [3.63, 3.8) is 0 Å². The molecule has 0 saturated heterocycles. The molecule has 0 atom stereocenters. The minimum absolute atomic E-state index is 0.300. The van der Waals surface area contributed by atoms with Gasteiger partial charge in [0.15, 0.2) is 0 Å². The van der Waals surface area contributed by atoms with E-state index in [2.05, 4.69) is 16.5 Å². The van der Waals surface area contributed by atoms with Crippen LogP contribution in [0.4, 0.5) is 0 Å². The summed E-state index contributed by atoms with van der Waals surface area (Å²) in [5.41, 5.74) is 4.28. The molecular weight excluding hydrogens is 340 g/mol. The van der Waals surface area contributed by atoms with Gasteiger partial charge in [-0.1, -0.05) is 0 Å². The van der Waals surface area contributed by atoms with E-state index in [4.69, 9.17) is 4.98 Å². The fourth-order valence-electron chi connectivity index (χ4n) is 6.02. The molecule has 2 aromatic heterocycles. The van der Waals surface area contributed by atoms with Gasteiger partial charge in [-0.2, -0.15) is 10.4 Å². The maximum absolute atomic E-state index is 9.70. The molecule has 2 heterocycles. The smallest absolute Gasteiger partial charge is 0.134 e. The molecule has 2 aromatic rings. The lowest BCUT2D eigenvalue weighted by Crippen LogP contribution is -2.48. The topological polar surface area (TPSA) is 54.5 Å². The number of allylic oxidation sites excluding steroid dienone is 1. The number of thiazole rings is 1. The Hall–Kier alpha value is -1.93. The Bertz CT molecular complexity index is 891. The molecule has 0 unspecified atom stereocenters. The monoisotopic (exact) mass is 364 g/mol. The van der Waals surface area contributed by atoms with Crippen LogP contribution in [0.15, 0.2) is 11.6 Å². The fourth-order valence-corrected chi connectivity index (χ4v) is 6.93. The second-order valence-corrected chi connectivity index (χ2v) is 9.57. The van der Waals surface area contributed by atoms with Crippen LogP contribution >= 0.6 is 11.3 Å². The van der Waals surface area contributed by atoms with Gasteiger partial charge in [0.1, 0.15) is 11.1 Å². The lowest BCUT2D eigenvalue weighted by Gasteiger charge is -2.56. The fraction of sp³-hybridized carbons (Fsp3) is 0.571. The molecule has 0 N–H and O–H groups in total. The van der Waals surface area contributed by atoms with Crippen LogP contribution in [0.5, 0.6) is 0 Å². The van der Waals surface area contributed by atoms with E-state index in [1.54, 1.807) is 11.3 Å². The van der Waals surface area contributed by atoms with Crippen LogP contribution in [0.1, 0.15) is 60.5 Å². The highest BCUT2D eigenvalue weighted by Crippen LogP contribution is 2.60. The summed E-state index contributed by atoms with van der Waals surface area (Å²) < 4.78 is 1.84. The summed E-state index contributed by atoms with van der Waals surface area (Å²) in [6.45, 7) is 2.02. The maximum Gasteiger partial charge on any atom is 0.134 e. The van der Waals surface area contributed by atoms with Gasteiger partial charge in [-0.3, -0.25) is 4.68 Å². The van der Waals surface area contributed by atoms with Crippen molar-refractivity contribution in [2.75, 3.05) is 0 Å². The number of aromatic nitrogens is 3. The molecule has 26 heavy (non-hydrogen) atoms. The number of rotatable bonds is 3. The highest BCUT2D eigenvalue weighted by atomic mass is 32.1. The van der Waals surface area contributed by atoms with Crippen LogP contribution in [0.3, 0.4) is 0 Å². The van der Waals surface area contributed by atoms with E-state index >= 15 is 0 Å². The quantitative estimate of drug-likeness (QED) is 0.741. The van der Waals surface area contributed by atoms with Crippen molar-refractivity contribution in [2.45, 2.75) is 50.9 Å². The molecule has 0 radical (unpaired) electrons. The third kappa shape index (κ3) is 2.46. The summed E-state index contributed by atoms with van der Waals surface area (Å²) in [6.07, 6.45) is 12.0. The zero-order valence-electron chi connectivity index (χ0n) is 15.4. The Kier molecular flexibility index (Phi) is 3.62. The second-order valence-electron chi connectivity index (χ2n) is 8.71. The highest BCUT2D eigenvalue weighted by molar-refractivity contribution is 7.11. The van der Waals surface area contributed by atoms with E-state index in [0.29, 0.717) is 11.0 Å². The lowest BCUT2D eigenvalue weighted by atomic mass is 9.49. The van der Waals surface area contributed by atoms with E-state index in [-0.39, 0.29) is 0 Å². The molecule has 4 saturated carbocycles. The van der Waals surface area contributed by atoms with Crippen molar-refractivity contribution < 1.29 is 0 Å². The van der Waals surface area contributed by atoms with Crippen LogP contribution in [0, 0.1) is 36.0 Å². The van der Waals surface area contributed by atoms with Crippen molar-refractivity contribution in [3.05, 3.63) is 33.5 Å². The van der Waals surface area contributed by atoms with Crippen LogP contribution in [-0.2, 0) is 12.5 Å². The Morgan fingerprint density at radius 2 is 1.92 bits per heavy atom. The molecule has 6 rings (SSSR count). The first kappa shape index (κ1) is 16.3. The normalized spacial score (nSPS) is 32.8. The molecule has 0 aliphatic heterocycles. The molecule has 4 nitrogen and oxygen atoms in total. The number of nitrogens with zero attached hydrogens (tertiary/aromatic N) is 4. The lowest BCUT2D eigenvalue weighted by molar-refractivity contribution is -0.00694. The predicted octanol–water partition coefficient (Wildman–Crippen LogP) is 4.72. The van der Waals surface area contributed by atoms with Gasteiger partial charge in [0.05, 0.1) is 17.5 Å². The number of hydrogen-bond acceptors (Lipinski definition) is 4. The molecule has 134 valence electrons. The summed E-state index contributed by atoms with van der Waals surface area (Å²) in [7, 11) is 1.92. The first-order chi connectivity index (χ1) is 12.6. The second kappa shape index (κ2) is 5.79. The zero-order chi connectivity index (χ0) is 17.9. The molecule has 5 heteroatoms. The molecule has 0 spiro atoms. The molecule has 4 aliphatic carbocycles. The van der Waals surface area contributed by atoms with Gasteiger partial charge in [-0.05, 0) is 69.3 Å². The van der Waals surface area contributed by atoms with Crippen LogP contribution in [-0.4, -0.2) is 14.8 Å². The summed E-state index contributed by atoms with van der Waals surface area (Å²) >= 11 is 1.63. The first-order valence-electron chi connectivity index (χ1n) is 9.63. The van der Waals surface area contributed by atoms with Gasteiger partial charge in [0.2, 0.25) is 0 Å². The minimum atomic E-state index is 0.300. The van der Waals surface area contributed by atoms with Gasteiger partial charge in [-0.25, -0.2) is 4.98 Å². The largest absolute Gasteiger partial charge is 0.272 e. The Morgan fingerprint density at radius 1 is 1.27 bits per heavy atom. The summed E-state index contributed by atoms with van der Waals surface area (Å²) in [5.74, 6) is 2.74.